The third-order valence-electron chi connectivity index (χ3n) is 3.20. The molecule has 3 N–H and O–H groups in total. The molecule has 0 bridgehead atoms. The van der Waals surface area contributed by atoms with Gasteiger partial charge in [-0.1, -0.05) is 0 Å². The summed E-state index contributed by atoms with van der Waals surface area (Å²) in [6.07, 6.45) is 1.94. The van der Waals surface area contributed by atoms with E-state index in [4.69, 9.17) is 5.11 Å². The van der Waals surface area contributed by atoms with Crippen LogP contribution in [-0.4, -0.2) is 44.7 Å². The number of benzene rings is 1. The van der Waals surface area contributed by atoms with E-state index >= 15 is 0 Å². The van der Waals surface area contributed by atoms with Gasteiger partial charge >= 0.3 is 5.97 Å². The number of aromatic hydroxyl groups is 2. The maximum absolute atomic E-state index is 12.3. The molecular weight excluding hydrogens is 250 g/mol. The molecular formula is C13H15NO5. The highest BCUT2D eigenvalue weighted by molar-refractivity contribution is 5.97. The Morgan fingerprint density at radius 1 is 1.11 bits per heavy atom. The lowest BCUT2D eigenvalue weighted by Gasteiger charge is -2.33. The molecule has 102 valence electrons. The fourth-order valence-electron chi connectivity index (χ4n) is 2.32. The van der Waals surface area contributed by atoms with Crippen LogP contribution in [-0.2, 0) is 4.79 Å². The largest absolute Gasteiger partial charge is 0.508 e. The number of hydrogen-bond acceptors (Lipinski definition) is 4. The molecule has 0 aliphatic carbocycles. The van der Waals surface area contributed by atoms with Gasteiger partial charge in [0.1, 0.15) is 17.5 Å². The minimum absolute atomic E-state index is 0.0886. The van der Waals surface area contributed by atoms with Crippen LogP contribution >= 0.6 is 0 Å². The van der Waals surface area contributed by atoms with Crippen molar-refractivity contribution in [3.63, 3.8) is 0 Å². The highest BCUT2D eigenvalue weighted by Crippen LogP contribution is 2.24. The maximum atomic E-state index is 12.3. The molecule has 1 fully saturated rings. The SMILES string of the molecule is O=C(O)[C@@H]1CCCCN1C(=O)c1cc(O)cc(O)c1. The number of carbonyl (C=O) groups is 2. The Morgan fingerprint density at radius 2 is 1.74 bits per heavy atom. The molecule has 1 aromatic carbocycles. The van der Waals surface area contributed by atoms with Crippen LogP contribution in [0.3, 0.4) is 0 Å². The van der Waals surface area contributed by atoms with E-state index in [1.807, 2.05) is 0 Å². The van der Waals surface area contributed by atoms with Gasteiger partial charge in [0.2, 0.25) is 0 Å². The highest BCUT2D eigenvalue weighted by Gasteiger charge is 2.32. The number of amides is 1. The first-order chi connectivity index (χ1) is 8.99. The molecule has 0 aromatic heterocycles. The zero-order valence-electron chi connectivity index (χ0n) is 10.2. The zero-order valence-corrected chi connectivity index (χ0v) is 10.2. The Morgan fingerprint density at radius 3 is 2.32 bits per heavy atom. The number of carboxylic acid groups (broad SMARTS) is 1. The first-order valence-electron chi connectivity index (χ1n) is 6.06. The molecule has 1 aliphatic heterocycles. The predicted octanol–water partition coefficient (Wildman–Crippen LogP) is 1.18. The van der Waals surface area contributed by atoms with Crippen molar-refractivity contribution in [1.29, 1.82) is 0 Å². The third-order valence-corrected chi connectivity index (χ3v) is 3.20. The van der Waals surface area contributed by atoms with E-state index in [1.54, 1.807) is 0 Å². The fraction of sp³-hybridized carbons (Fsp3) is 0.385. The maximum Gasteiger partial charge on any atom is 0.326 e. The van der Waals surface area contributed by atoms with E-state index in [1.165, 1.54) is 17.0 Å². The number of phenolic OH excluding ortho intramolecular Hbond substituents is 2. The molecule has 19 heavy (non-hydrogen) atoms. The Balaban J connectivity index is 2.28. The van der Waals surface area contributed by atoms with Crippen molar-refractivity contribution < 1.29 is 24.9 Å². The normalized spacial score (nSPS) is 19.2. The van der Waals surface area contributed by atoms with Gasteiger partial charge in [0.25, 0.3) is 5.91 Å². The van der Waals surface area contributed by atoms with E-state index < -0.39 is 17.9 Å². The van der Waals surface area contributed by atoms with Gasteiger partial charge in [-0.05, 0) is 31.4 Å². The summed E-state index contributed by atoms with van der Waals surface area (Å²) in [6, 6.07) is 2.71. The molecule has 0 unspecified atom stereocenters. The quantitative estimate of drug-likeness (QED) is 0.745. The van der Waals surface area contributed by atoms with Crippen molar-refractivity contribution in [3.8, 4) is 11.5 Å². The number of aliphatic carboxylic acids is 1. The fourth-order valence-corrected chi connectivity index (χ4v) is 2.32. The van der Waals surface area contributed by atoms with Crippen molar-refractivity contribution in [1.82, 2.24) is 4.90 Å². The molecule has 0 saturated carbocycles. The summed E-state index contributed by atoms with van der Waals surface area (Å²) in [5.74, 6) is -1.98. The molecule has 6 nitrogen and oxygen atoms in total. The van der Waals surface area contributed by atoms with Crippen molar-refractivity contribution >= 4 is 11.9 Å². The summed E-state index contributed by atoms with van der Waals surface area (Å²) in [4.78, 5) is 24.7. The molecule has 1 heterocycles. The van der Waals surface area contributed by atoms with Crippen LogP contribution in [0, 0.1) is 0 Å². The summed E-state index contributed by atoms with van der Waals surface area (Å²) < 4.78 is 0. The van der Waals surface area contributed by atoms with Gasteiger partial charge in [0, 0.05) is 18.2 Å². The second-order valence-corrected chi connectivity index (χ2v) is 4.59. The van der Waals surface area contributed by atoms with Crippen LogP contribution < -0.4 is 0 Å². The lowest BCUT2D eigenvalue weighted by Crippen LogP contribution is -2.47. The van der Waals surface area contributed by atoms with E-state index in [9.17, 15) is 19.8 Å². The van der Waals surface area contributed by atoms with Crippen LogP contribution in [0.15, 0.2) is 18.2 Å². The Labute approximate surface area is 109 Å². The summed E-state index contributed by atoms with van der Waals surface area (Å²) in [7, 11) is 0. The topological polar surface area (TPSA) is 98.1 Å². The minimum atomic E-state index is -1.03. The molecule has 1 amide bonds. The molecule has 1 aromatic rings. The van der Waals surface area contributed by atoms with Crippen molar-refractivity contribution in [2.75, 3.05) is 6.54 Å². The molecule has 1 atom stereocenters. The third kappa shape index (κ3) is 2.78. The summed E-state index contributed by atoms with van der Waals surface area (Å²) >= 11 is 0. The average Bonchev–Trinajstić information content (AvgIpc) is 2.36. The van der Waals surface area contributed by atoms with Gasteiger partial charge in [-0.25, -0.2) is 4.79 Å². The standard InChI is InChI=1S/C13H15NO5/c15-9-5-8(6-10(16)7-9)12(17)14-4-2-1-3-11(14)13(18)19/h5-7,11,15-16H,1-4H2,(H,18,19)/t11-/m0/s1. The second-order valence-electron chi connectivity index (χ2n) is 4.59. The van der Waals surface area contributed by atoms with Gasteiger partial charge in [-0.3, -0.25) is 4.79 Å². The average molecular weight is 265 g/mol. The first kappa shape index (κ1) is 13.2. The first-order valence-corrected chi connectivity index (χ1v) is 6.06. The number of phenols is 2. The van der Waals surface area contributed by atoms with Crippen LogP contribution in [0.4, 0.5) is 0 Å². The number of carbonyl (C=O) groups excluding carboxylic acids is 1. The Hall–Kier alpha value is -2.24. The smallest absolute Gasteiger partial charge is 0.326 e. The lowest BCUT2D eigenvalue weighted by molar-refractivity contribution is -0.143. The number of likely N-dealkylation sites (tertiary alicyclic amines) is 1. The summed E-state index contributed by atoms with van der Waals surface area (Å²) in [5.41, 5.74) is 0.0886. The summed E-state index contributed by atoms with van der Waals surface area (Å²) in [6.45, 7) is 0.367. The molecule has 2 rings (SSSR count). The van der Waals surface area contributed by atoms with Crippen molar-refractivity contribution in [2.45, 2.75) is 25.3 Å². The highest BCUT2D eigenvalue weighted by atomic mass is 16.4. The molecule has 6 heteroatoms. The lowest BCUT2D eigenvalue weighted by atomic mass is 10.0. The predicted molar refractivity (Wildman–Crippen MR) is 66.1 cm³/mol. The molecule has 1 saturated heterocycles. The number of hydrogen-bond donors (Lipinski definition) is 3. The van der Waals surface area contributed by atoms with E-state index in [0.29, 0.717) is 13.0 Å². The molecule has 0 spiro atoms. The number of piperidine rings is 1. The number of carboxylic acids is 1. The van der Waals surface area contributed by atoms with Crippen molar-refractivity contribution in [3.05, 3.63) is 23.8 Å². The Kier molecular flexibility index (Phi) is 3.59. The summed E-state index contributed by atoms with van der Waals surface area (Å²) in [5, 5.41) is 27.9. The van der Waals surface area contributed by atoms with Crippen LogP contribution in [0.2, 0.25) is 0 Å². The van der Waals surface area contributed by atoms with Gasteiger partial charge < -0.3 is 20.2 Å². The minimum Gasteiger partial charge on any atom is -0.508 e. The van der Waals surface area contributed by atoms with Crippen molar-refractivity contribution in [2.24, 2.45) is 0 Å². The van der Waals surface area contributed by atoms with Crippen LogP contribution in [0.1, 0.15) is 29.6 Å². The van der Waals surface area contributed by atoms with E-state index in [0.717, 1.165) is 18.9 Å². The molecule has 0 radical (unpaired) electrons. The second kappa shape index (κ2) is 5.17. The Bertz CT molecular complexity index is 494. The monoisotopic (exact) mass is 265 g/mol. The van der Waals surface area contributed by atoms with E-state index in [2.05, 4.69) is 0 Å². The van der Waals surface area contributed by atoms with E-state index in [-0.39, 0.29) is 17.1 Å². The van der Waals surface area contributed by atoms with Gasteiger partial charge in [-0.2, -0.15) is 0 Å². The molecule has 1 aliphatic rings. The van der Waals surface area contributed by atoms with Gasteiger partial charge in [-0.15, -0.1) is 0 Å². The van der Waals surface area contributed by atoms with Crippen LogP contribution in [0.25, 0.3) is 0 Å². The van der Waals surface area contributed by atoms with Crippen LogP contribution in [0.5, 0.6) is 11.5 Å². The van der Waals surface area contributed by atoms with Gasteiger partial charge in [0.15, 0.2) is 0 Å². The van der Waals surface area contributed by atoms with Gasteiger partial charge in [0.05, 0.1) is 0 Å². The number of nitrogens with zero attached hydrogens (tertiary/aromatic N) is 1. The number of rotatable bonds is 2. The zero-order chi connectivity index (χ0) is 14.0.